The Bertz CT molecular complexity index is 780. The minimum Gasteiger partial charge on any atom is -0.389 e. The van der Waals surface area contributed by atoms with Crippen LogP contribution >= 0.6 is 12.2 Å². The van der Waals surface area contributed by atoms with Gasteiger partial charge in [-0.1, -0.05) is 24.4 Å². The molecule has 2 aromatic rings. The molecular formula is C16H17N3OS. The zero-order chi connectivity index (χ0) is 15.0. The number of aryl methyl sites for hydroxylation is 3. The number of fused-ring (bicyclic) bond motifs is 1. The van der Waals surface area contributed by atoms with Crippen LogP contribution < -0.4 is 11.3 Å². The minimum absolute atomic E-state index is 0.109. The molecule has 0 aliphatic heterocycles. The average Bonchev–Trinajstić information content (AvgIpc) is 2.49. The van der Waals surface area contributed by atoms with Crippen LogP contribution in [0.15, 0.2) is 29.1 Å². The normalized spacial score (nSPS) is 13.8. The molecule has 0 saturated carbocycles. The highest BCUT2D eigenvalue weighted by atomic mass is 32.1. The van der Waals surface area contributed by atoms with Crippen LogP contribution in [-0.2, 0) is 19.9 Å². The molecule has 4 nitrogen and oxygen atoms in total. The molecule has 5 heteroatoms. The second-order valence-corrected chi connectivity index (χ2v) is 5.87. The molecule has 1 aromatic carbocycles. The molecule has 21 heavy (non-hydrogen) atoms. The van der Waals surface area contributed by atoms with E-state index in [9.17, 15) is 4.79 Å². The van der Waals surface area contributed by atoms with Gasteiger partial charge in [-0.2, -0.15) is 5.10 Å². The first-order valence-corrected chi connectivity index (χ1v) is 7.47. The number of aromatic nitrogens is 2. The predicted octanol–water partition coefficient (Wildman–Crippen LogP) is 1.96. The summed E-state index contributed by atoms with van der Waals surface area (Å²) in [4.78, 5) is 12.1. The van der Waals surface area contributed by atoms with Crippen LogP contribution in [0.3, 0.4) is 0 Å². The Morgan fingerprint density at radius 1 is 1.24 bits per heavy atom. The molecule has 0 radical (unpaired) electrons. The molecular weight excluding hydrogens is 282 g/mol. The van der Waals surface area contributed by atoms with E-state index >= 15 is 0 Å². The van der Waals surface area contributed by atoms with Crippen molar-refractivity contribution in [2.24, 2.45) is 12.8 Å². The van der Waals surface area contributed by atoms with Gasteiger partial charge in [0.2, 0.25) is 0 Å². The number of nitrogens with zero attached hydrogens (tertiary/aromatic N) is 2. The van der Waals surface area contributed by atoms with Crippen molar-refractivity contribution in [2.75, 3.05) is 0 Å². The van der Waals surface area contributed by atoms with E-state index < -0.39 is 0 Å². The molecule has 0 amide bonds. The lowest BCUT2D eigenvalue weighted by molar-refractivity contribution is 0.685. The Hall–Kier alpha value is -2.01. The van der Waals surface area contributed by atoms with Crippen LogP contribution in [0.25, 0.3) is 11.3 Å². The molecule has 0 unspecified atom stereocenters. The molecule has 1 aromatic heterocycles. The molecule has 0 bridgehead atoms. The van der Waals surface area contributed by atoms with Gasteiger partial charge in [0.05, 0.1) is 11.3 Å². The summed E-state index contributed by atoms with van der Waals surface area (Å²) in [5, 5.41) is 4.32. The van der Waals surface area contributed by atoms with Gasteiger partial charge in [0.25, 0.3) is 5.56 Å². The average molecular weight is 299 g/mol. The quantitative estimate of drug-likeness (QED) is 0.861. The van der Waals surface area contributed by atoms with E-state index in [0.717, 1.165) is 24.1 Å². The fourth-order valence-electron chi connectivity index (χ4n) is 2.82. The third-order valence-corrected chi connectivity index (χ3v) is 4.19. The van der Waals surface area contributed by atoms with E-state index in [0.29, 0.717) is 5.56 Å². The highest BCUT2D eigenvalue weighted by molar-refractivity contribution is 7.80. The van der Waals surface area contributed by atoms with Crippen molar-refractivity contribution in [1.29, 1.82) is 0 Å². The van der Waals surface area contributed by atoms with Crippen LogP contribution in [0.5, 0.6) is 0 Å². The fraction of sp³-hybridized carbons (Fsp3) is 0.312. The summed E-state index contributed by atoms with van der Waals surface area (Å²) in [7, 11) is 1.62. The lowest BCUT2D eigenvalue weighted by Gasteiger charge is -2.16. The van der Waals surface area contributed by atoms with E-state index in [-0.39, 0.29) is 10.5 Å². The highest BCUT2D eigenvalue weighted by Gasteiger charge is 2.13. The van der Waals surface area contributed by atoms with E-state index in [2.05, 4.69) is 23.3 Å². The van der Waals surface area contributed by atoms with Crippen LogP contribution in [0.1, 0.15) is 29.5 Å². The van der Waals surface area contributed by atoms with Gasteiger partial charge < -0.3 is 5.73 Å². The Labute approximate surface area is 128 Å². The van der Waals surface area contributed by atoms with Gasteiger partial charge in [-0.05, 0) is 48.9 Å². The summed E-state index contributed by atoms with van der Waals surface area (Å²) in [5.74, 6) is 0. The van der Waals surface area contributed by atoms with Crippen molar-refractivity contribution in [3.05, 3.63) is 51.3 Å². The molecule has 2 N–H and O–H groups in total. The van der Waals surface area contributed by atoms with Gasteiger partial charge in [-0.3, -0.25) is 4.79 Å². The predicted molar refractivity (Wildman–Crippen MR) is 87.4 cm³/mol. The minimum atomic E-state index is -0.260. The first kappa shape index (κ1) is 13.9. The molecule has 1 heterocycles. The molecule has 0 spiro atoms. The summed E-state index contributed by atoms with van der Waals surface area (Å²) in [6.45, 7) is 0. The van der Waals surface area contributed by atoms with Crippen LogP contribution in [0.2, 0.25) is 0 Å². The van der Waals surface area contributed by atoms with E-state index in [1.54, 1.807) is 13.1 Å². The molecule has 3 rings (SSSR count). The summed E-state index contributed by atoms with van der Waals surface area (Å²) in [6, 6.07) is 8.08. The highest BCUT2D eigenvalue weighted by Crippen LogP contribution is 2.26. The summed E-state index contributed by atoms with van der Waals surface area (Å²) in [5.41, 5.74) is 10.2. The maximum Gasteiger partial charge on any atom is 0.276 e. The molecule has 1 aliphatic rings. The largest absolute Gasteiger partial charge is 0.389 e. The smallest absolute Gasteiger partial charge is 0.276 e. The zero-order valence-corrected chi connectivity index (χ0v) is 12.7. The van der Waals surface area contributed by atoms with Gasteiger partial charge >= 0.3 is 0 Å². The Morgan fingerprint density at radius 2 is 1.95 bits per heavy atom. The van der Waals surface area contributed by atoms with Crippen molar-refractivity contribution in [3.8, 4) is 11.3 Å². The summed E-state index contributed by atoms with van der Waals surface area (Å²) in [6.07, 6.45) is 4.75. The van der Waals surface area contributed by atoms with Crippen molar-refractivity contribution >= 4 is 17.2 Å². The van der Waals surface area contributed by atoms with Crippen molar-refractivity contribution in [1.82, 2.24) is 9.78 Å². The molecule has 0 fully saturated rings. The lowest BCUT2D eigenvalue weighted by atomic mass is 9.90. The number of nitrogens with two attached hydrogens (primary N) is 1. The third kappa shape index (κ3) is 2.61. The van der Waals surface area contributed by atoms with Crippen LogP contribution in [0.4, 0.5) is 0 Å². The number of thiocarbonyl (C=S) groups is 1. The van der Waals surface area contributed by atoms with Crippen LogP contribution in [-0.4, -0.2) is 14.8 Å². The van der Waals surface area contributed by atoms with Gasteiger partial charge in [-0.15, -0.1) is 0 Å². The lowest BCUT2D eigenvalue weighted by Crippen LogP contribution is -2.29. The Balaban J connectivity index is 2.12. The number of rotatable bonds is 2. The maximum atomic E-state index is 12.0. The van der Waals surface area contributed by atoms with E-state index in [1.807, 2.05) is 0 Å². The van der Waals surface area contributed by atoms with Crippen molar-refractivity contribution < 1.29 is 0 Å². The van der Waals surface area contributed by atoms with E-state index in [4.69, 9.17) is 18.0 Å². The summed E-state index contributed by atoms with van der Waals surface area (Å²) >= 11 is 4.95. The van der Waals surface area contributed by atoms with E-state index in [1.165, 1.54) is 28.7 Å². The van der Waals surface area contributed by atoms with Gasteiger partial charge in [0.1, 0.15) is 4.99 Å². The second-order valence-electron chi connectivity index (χ2n) is 5.43. The molecule has 0 saturated heterocycles. The monoisotopic (exact) mass is 299 g/mol. The summed E-state index contributed by atoms with van der Waals surface area (Å²) < 4.78 is 1.29. The zero-order valence-electron chi connectivity index (χ0n) is 11.9. The SMILES string of the molecule is Cn1nc(-c2ccc3c(c2)CCCC3)cc(C(N)=S)c1=O. The number of benzene rings is 1. The van der Waals surface area contributed by atoms with Gasteiger partial charge in [-0.25, -0.2) is 4.68 Å². The standard InChI is InChI=1S/C16H17N3OS/c1-19-16(20)13(15(17)21)9-14(18-19)12-7-6-10-4-2-3-5-11(10)8-12/h6-9H,2-5H2,1H3,(H2,17,21). The fourth-order valence-corrected chi connectivity index (χ4v) is 2.97. The van der Waals surface area contributed by atoms with Crippen LogP contribution in [0, 0.1) is 0 Å². The second kappa shape index (κ2) is 5.41. The van der Waals surface area contributed by atoms with Crippen molar-refractivity contribution in [3.63, 3.8) is 0 Å². The number of hydrogen-bond donors (Lipinski definition) is 1. The molecule has 0 atom stereocenters. The Kier molecular flexibility index (Phi) is 3.59. The molecule has 1 aliphatic carbocycles. The van der Waals surface area contributed by atoms with Gasteiger partial charge in [0.15, 0.2) is 0 Å². The first-order chi connectivity index (χ1) is 10.1. The third-order valence-electron chi connectivity index (χ3n) is 3.97. The van der Waals surface area contributed by atoms with Crippen molar-refractivity contribution in [2.45, 2.75) is 25.7 Å². The Morgan fingerprint density at radius 3 is 2.67 bits per heavy atom. The maximum absolute atomic E-state index is 12.0. The topological polar surface area (TPSA) is 60.9 Å². The van der Waals surface area contributed by atoms with Gasteiger partial charge in [0, 0.05) is 12.6 Å². The number of hydrogen-bond acceptors (Lipinski definition) is 3. The molecule has 108 valence electrons. The first-order valence-electron chi connectivity index (χ1n) is 7.06.